The lowest BCUT2D eigenvalue weighted by Gasteiger charge is -2.15. The topological polar surface area (TPSA) is 68.0 Å². The summed E-state index contributed by atoms with van der Waals surface area (Å²) in [6, 6.07) is 13.7. The van der Waals surface area contributed by atoms with Gasteiger partial charge in [0.1, 0.15) is 5.82 Å². The van der Waals surface area contributed by atoms with E-state index in [1.54, 1.807) is 0 Å². The van der Waals surface area contributed by atoms with E-state index in [2.05, 4.69) is 10.3 Å². The molecule has 4 nitrogen and oxygen atoms in total. The number of nitrogens with zero attached hydrogens (tertiary/aromatic N) is 1. The summed E-state index contributed by atoms with van der Waals surface area (Å²) in [6.45, 7) is 4.20. The molecule has 2 rings (SSSR count). The summed E-state index contributed by atoms with van der Waals surface area (Å²) in [7, 11) is 0. The Morgan fingerprint density at radius 2 is 1.95 bits per heavy atom. The van der Waals surface area contributed by atoms with E-state index in [9.17, 15) is 4.79 Å². The van der Waals surface area contributed by atoms with Crippen molar-refractivity contribution >= 4 is 11.7 Å². The van der Waals surface area contributed by atoms with Gasteiger partial charge in [-0.15, -0.1) is 0 Å². The number of pyridine rings is 1. The first-order valence-corrected chi connectivity index (χ1v) is 7.08. The normalized spacial score (nSPS) is 12.0. The number of benzene rings is 1. The predicted molar refractivity (Wildman–Crippen MR) is 85.0 cm³/mol. The van der Waals surface area contributed by atoms with Crippen LogP contribution in [0.4, 0.5) is 5.82 Å². The van der Waals surface area contributed by atoms with Gasteiger partial charge >= 0.3 is 0 Å². The second kappa shape index (κ2) is 6.99. The van der Waals surface area contributed by atoms with Crippen molar-refractivity contribution in [1.29, 1.82) is 0 Å². The van der Waals surface area contributed by atoms with Crippen molar-refractivity contribution in [2.45, 2.75) is 20.3 Å². The van der Waals surface area contributed by atoms with E-state index >= 15 is 0 Å². The molecular weight excluding hydrogens is 262 g/mol. The van der Waals surface area contributed by atoms with E-state index < -0.39 is 0 Å². The Balaban J connectivity index is 2.06. The Morgan fingerprint density at radius 1 is 1.24 bits per heavy atom. The molecule has 1 heterocycles. The summed E-state index contributed by atoms with van der Waals surface area (Å²) in [5, 5.41) is 2.86. The lowest BCUT2D eigenvalue weighted by Crippen LogP contribution is -2.31. The molecule has 1 aromatic carbocycles. The van der Waals surface area contributed by atoms with Gasteiger partial charge in [-0.2, -0.15) is 0 Å². The maximum absolute atomic E-state index is 12.3. The molecular formula is C17H21N3O. The van der Waals surface area contributed by atoms with Crippen LogP contribution in [-0.4, -0.2) is 17.4 Å². The molecule has 21 heavy (non-hydrogen) atoms. The van der Waals surface area contributed by atoms with Crippen LogP contribution in [0.1, 0.15) is 16.8 Å². The van der Waals surface area contributed by atoms with Crippen molar-refractivity contribution < 1.29 is 4.79 Å². The van der Waals surface area contributed by atoms with Crippen LogP contribution in [0.15, 0.2) is 42.5 Å². The summed E-state index contributed by atoms with van der Waals surface area (Å²) >= 11 is 0. The SMILES string of the molecule is Cc1cc(C)nc(NC(=O)C(CN)Cc2ccccc2)c1. The Labute approximate surface area is 125 Å². The van der Waals surface area contributed by atoms with Crippen molar-refractivity contribution in [2.75, 3.05) is 11.9 Å². The third kappa shape index (κ3) is 4.39. The van der Waals surface area contributed by atoms with E-state index in [-0.39, 0.29) is 11.8 Å². The lowest BCUT2D eigenvalue weighted by atomic mass is 9.98. The van der Waals surface area contributed by atoms with E-state index in [0.29, 0.717) is 18.8 Å². The molecule has 4 heteroatoms. The lowest BCUT2D eigenvalue weighted by molar-refractivity contribution is -0.119. The molecule has 1 amide bonds. The first kappa shape index (κ1) is 15.2. The summed E-state index contributed by atoms with van der Waals surface area (Å²) in [5.41, 5.74) is 8.82. The van der Waals surface area contributed by atoms with Gasteiger partial charge in [-0.05, 0) is 43.5 Å². The first-order valence-electron chi connectivity index (χ1n) is 7.08. The fourth-order valence-corrected chi connectivity index (χ4v) is 2.32. The van der Waals surface area contributed by atoms with E-state index in [1.165, 1.54) is 0 Å². The molecule has 110 valence electrons. The van der Waals surface area contributed by atoms with E-state index in [4.69, 9.17) is 5.73 Å². The maximum atomic E-state index is 12.3. The second-order valence-corrected chi connectivity index (χ2v) is 5.28. The zero-order chi connectivity index (χ0) is 15.2. The highest BCUT2D eigenvalue weighted by Gasteiger charge is 2.18. The van der Waals surface area contributed by atoms with Crippen LogP contribution >= 0.6 is 0 Å². The largest absolute Gasteiger partial charge is 0.330 e. The molecule has 0 saturated heterocycles. The van der Waals surface area contributed by atoms with Crippen molar-refractivity contribution in [1.82, 2.24) is 4.98 Å². The Hall–Kier alpha value is -2.20. The summed E-state index contributed by atoms with van der Waals surface area (Å²) in [4.78, 5) is 16.7. The van der Waals surface area contributed by atoms with Gasteiger partial charge in [-0.1, -0.05) is 30.3 Å². The van der Waals surface area contributed by atoms with Crippen LogP contribution < -0.4 is 11.1 Å². The number of amides is 1. The van der Waals surface area contributed by atoms with Crippen molar-refractivity contribution in [3.8, 4) is 0 Å². The molecule has 0 spiro atoms. The standard InChI is InChI=1S/C17H21N3O/c1-12-8-13(2)19-16(9-12)20-17(21)15(11-18)10-14-6-4-3-5-7-14/h3-9,15H,10-11,18H2,1-2H3,(H,19,20,21). The number of anilines is 1. The van der Waals surface area contributed by atoms with Crippen LogP contribution in [0, 0.1) is 19.8 Å². The van der Waals surface area contributed by atoms with Gasteiger partial charge in [0.15, 0.2) is 0 Å². The minimum Gasteiger partial charge on any atom is -0.330 e. The molecule has 2 aromatic rings. The fraction of sp³-hybridized carbons (Fsp3) is 0.294. The van der Waals surface area contributed by atoms with Crippen LogP contribution in [0.2, 0.25) is 0 Å². The molecule has 1 atom stereocenters. The van der Waals surface area contributed by atoms with Gasteiger partial charge in [0.05, 0.1) is 5.92 Å². The van der Waals surface area contributed by atoms with Crippen LogP contribution in [0.25, 0.3) is 0 Å². The number of nitrogens with one attached hydrogen (secondary N) is 1. The van der Waals surface area contributed by atoms with Crippen molar-refractivity contribution in [3.05, 3.63) is 59.3 Å². The van der Waals surface area contributed by atoms with Crippen LogP contribution in [-0.2, 0) is 11.2 Å². The summed E-state index contributed by atoms with van der Waals surface area (Å²) in [6.07, 6.45) is 0.633. The van der Waals surface area contributed by atoms with Gasteiger partial charge in [0.25, 0.3) is 0 Å². The van der Waals surface area contributed by atoms with Gasteiger partial charge in [-0.3, -0.25) is 4.79 Å². The van der Waals surface area contributed by atoms with Crippen molar-refractivity contribution in [2.24, 2.45) is 11.7 Å². The quantitative estimate of drug-likeness (QED) is 0.885. The Bertz CT molecular complexity index is 590. The predicted octanol–water partition coefficient (Wildman–Crippen LogP) is 2.45. The molecule has 3 N–H and O–H groups in total. The minimum absolute atomic E-state index is 0.0844. The third-order valence-corrected chi connectivity index (χ3v) is 3.33. The summed E-state index contributed by atoms with van der Waals surface area (Å²) in [5.74, 6) is 0.248. The van der Waals surface area contributed by atoms with Gasteiger partial charge < -0.3 is 11.1 Å². The second-order valence-electron chi connectivity index (χ2n) is 5.28. The monoisotopic (exact) mass is 283 g/mol. The zero-order valence-corrected chi connectivity index (χ0v) is 12.5. The molecule has 0 saturated carbocycles. The van der Waals surface area contributed by atoms with Gasteiger partial charge in [-0.25, -0.2) is 4.98 Å². The minimum atomic E-state index is -0.255. The number of aryl methyl sites for hydroxylation is 2. The maximum Gasteiger partial charge on any atom is 0.230 e. The third-order valence-electron chi connectivity index (χ3n) is 3.33. The zero-order valence-electron chi connectivity index (χ0n) is 12.5. The highest BCUT2D eigenvalue weighted by atomic mass is 16.1. The number of hydrogen-bond donors (Lipinski definition) is 2. The molecule has 0 fully saturated rings. The molecule has 0 aliphatic heterocycles. The number of hydrogen-bond acceptors (Lipinski definition) is 3. The summed E-state index contributed by atoms with van der Waals surface area (Å²) < 4.78 is 0. The molecule has 1 aromatic heterocycles. The molecule has 0 radical (unpaired) electrons. The molecule has 0 bridgehead atoms. The number of rotatable bonds is 5. The molecule has 1 unspecified atom stereocenters. The van der Waals surface area contributed by atoms with E-state index in [0.717, 1.165) is 16.8 Å². The number of carbonyl (C=O) groups is 1. The Kier molecular flexibility index (Phi) is 5.06. The van der Waals surface area contributed by atoms with Crippen molar-refractivity contribution in [3.63, 3.8) is 0 Å². The fourth-order valence-electron chi connectivity index (χ4n) is 2.32. The van der Waals surface area contributed by atoms with Gasteiger partial charge in [0.2, 0.25) is 5.91 Å². The molecule has 0 aliphatic rings. The van der Waals surface area contributed by atoms with E-state index in [1.807, 2.05) is 56.3 Å². The highest BCUT2D eigenvalue weighted by molar-refractivity contribution is 5.92. The van der Waals surface area contributed by atoms with Gasteiger partial charge in [0, 0.05) is 12.2 Å². The average molecular weight is 283 g/mol. The smallest absolute Gasteiger partial charge is 0.230 e. The number of aromatic nitrogens is 1. The first-order chi connectivity index (χ1) is 10.1. The number of carbonyl (C=O) groups excluding carboxylic acids is 1. The van der Waals surface area contributed by atoms with Crippen LogP contribution in [0.3, 0.4) is 0 Å². The Morgan fingerprint density at radius 3 is 2.57 bits per heavy atom. The highest BCUT2D eigenvalue weighted by Crippen LogP contribution is 2.13. The number of nitrogens with two attached hydrogens (primary N) is 1. The molecule has 0 aliphatic carbocycles. The van der Waals surface area contributed by atoms with Crippen LogP contribution in [0.5, 0.6) is 0 Å². The average Bonchev–Trinajstić information content (AvgIpc) is 2.44.